The summed E-state index contributed by atoms with van der Waals surface area (Å²) in [7, 11) is 0. The zero-order chi connectivity index (χ0) is 13.8. The van der Waals surface area contributed by atoms with Gasteiger partial charge in [0.15, 0.2) is 5.78 Å². The van der Waals surface area contributed by atoms with Crippen LogP contribution in [0.25, 0.3) is 11.1 Å². The van der Waals surface area contributed by atoms with Gasteiger partial charge < -0.3 is 0 Å². The second-order valence-electron chi connectivity index (χ2n) is 4.75. The van der Waals surface area contributed by atoms with Crippen LogP contribution in [0.5, 0.6) is 0 Å². The fourth-order valence-corrected chi connectivity index (χ4v) is 1.92. The molecular weight excluding hydrogens is 236 g/mol. The van der Waals surface area contributed by atoms with Gasteiger partial charge in [0.25, 0.3) is 0 Å². The topological polar surface area (TPSA) is 34.1 Å². The van der Waals surface area contributed by atoms with Gasteiger partial charge in [-0.15, -0.1) is 0 Å². The molecule has 0 spiro atoms. The monoisotopic (exact) mass is 252 g/mol. The van der Waals surface area contributed by atoms with Crippen LogP contribution in [0.1, 0.15) is 29.3 Å². The van der Waals surface area contributed by atoms with Gasteiger partial charge in [-0.05, 0) is 25.0 Å². The maximum atomic E-state index is 11.7. The standard InChI is InChI=1S/C17H16O2/c1-12-3-5-14(6-4-12)15-7-9-16(10-8-15)17(19)11-13(2)18/h3-10H,11H2,1-2H3. The molecule has 0 aliphatic rings. The Kier molecular flexibility index (Phi) is 3.91. The van der Waals surface area contributed by atoms with E-state index in [2.05, 4.69) is 24.3 Å². The average molecular weight is 252 g/mol. The van der Waals surface area contributed by atoms with E-state index in [1.807, 2.05) is 19.1 Å². The summed E-state index contributed by atoms with van der Waals surface area (Å²) in [6, 6.07) is 15.6. The molecule has 0 saturated heterocycles. The van der Waals surface area contributed by atoms with E-state index >= 15 is 0 Å². The van der Waals surface area contributed by atoms with Crippen LogP contribution in [-0.2, 0) is 4.79 Å². The minimum atomic E-state index is -0.122. The molecule has 2 aromatic rings. The maximum Gasteiger partial charge on any atom is 0.170 e. The predicted molar refractivity (Wildman–Crippen MR) is 76.2 cm³/mol. The smallest absolute Gasteiger partial charge is 0.170 e. The first-order valence-electron chi connectivity index (χ1n) is 6.26. The lowest BCUT2D eigenvalue weighted by Crippen LogP contribution is -2.04. The Balaban J connectivity index is 2.21. The van der Waals surface area contributed by atoms with Gasteiger partial charge in [0.1, 0.15) is 5.78 Å². The molecule has 19 heavy (non-hydrogen) atoms. The van der Waals surface area contributed by atoms with E-state index in [-0.39, 0.29) is 18.0 Å². The Morgan fingerprint density at radius 2 is 1.32 bits per heavy atom. The molecular formula is C17H16O2. The van der Waals surface area contributed by atoms with Crippen molar-refractivity contribution in [3.8, 4) is 11.1 Å². The summed E-state index contributed by atoms with van der Waals surface area (Å²) < 4.78 is 0. The molecule has 2 nitrogen and oxygen atoms in total. The van der Waals surface area contributed by atoms with Gasteiger partial charge in [0.2, 0.25) is 0 Å². The highest BCUT2D eigenvalue weighted by atomic mass is 16.1. The summed E-state index contributed by atoms with van der Waals surface area (Å²) >= 11 is 0. The quantitative estimate of drug-likeness (QED) is 0.612. The van der Waals surface area contributed by atoms with Crippen LogP contribution in [0, 0.1) is 6.92 Å². The largest absolute Gasteiger partial charge is 0.300 e. The Labute approximate surface area is 113 Å². The third-order valence-corrected chi connectivity index (χ3v) is 3.00. The fraction of sp³-hybridized carbons (Fsp3) is 0.176. The molecule has 2 aromatic carbocycles. The molecule has 0 amide bonds. The normalized spacial score (nSPS) is 10.2. The number of hydrogen-bond donors (Lipinski definition) is 0. The number of benzene rings is 2. The summed E-state index contributed by atoms with van der Waals surface area (Å²) in [4.78, 5) is 22.7. The lowest BCUT2D eigenvalue weighted by molar-refractivity contribution is -0.116. The lowest BCUT2D eigenvalue weighted by Gasteiger charge is -2.04. The van der Waals surface area contributed by atoms with Crippen molar-refractivity contribution in [2.75, 3.05) is 0 Å². The van der Waals surface area contributed by atoms with Gasteiger partial charge in [-0.3, -0.25) is 9.59 Å². The molecule has 96 valence electrons. The average Bonchev–Trinajstić information content (AvgIpc) is 2.39. The summed E-state index contributed by atoms with van der Waals surface area (Å²) in [5.41, 5.74) is 4.00. The van der Waals surface area contributed by atoms with Gasteiger partial charge in [-0.25, -0.2) is 0 Å². The van der Waals surface area contributed by atoms with Crippen LogP contribution in [-0.4, -0.2) is 11.6 Å². The van der Waals surface area contributed by atoms with Crippen molar-refractivity contribution in [3.63, 3.8) is 0 Å². The predicted octanol–water partition coefficient (Wildman–Crippen LogP) is 3.82. The highest BCUT2D eigenvalue weighted by Gasteiger charge is 2.08. The van der Waals surface area contributed by atoms with Crippen molar-refractivity contribution in [3.05, 3.63) is 59.7 Å². The number of ketones is 2. The summed E-state index contributed by atoms with van der Waals surface area (Å²) in [6.45, 7) is 3.48. The van der Waals surface area contributed by atoms with E-state index in [0.717, 1.165) is 11.1 Å². The minimum absolute atomic E-state index is 0.0239. The molecule has 0 atom stereocenters. The van der Waals surface area contributed by atoms with Crippen molar-refractivity contribution < 1.29 is 9.59 Å². The van der Waals surface area contributed by atoms with Crippen LogP contribution in [0.2, 0.25) is 0 Å². The Bertz CT molecular complexity index is 592. The van der Waals surface area contributed by atoms with E-state index in [9.17, 15) is 9.59 Å². The van der Waals surface area contributed by atoms with Crippen molar-refractivity contribution in [2.24, 2.45) is 0 Å². The molecule has 0 heterocycles. The zero-order valence-corrected chi connectivity index (χ0v) is 11.1. The Morgan fingerprint density at radius 1 is 0.842 bits per heavy atom. The van der Waals surface area contributed by atoms with Gasteiger partial charge in [0.05, 0.1) is 6.42 Å². The SMILES string of the molecule is CC(=O)CC(=O)c1ccc(-c2ccc(C)cc2)cc1. The highest BCUT2D eigenvalue weighted by molar-refractivity contribution is 6.07. The van der Waals surface area contributed by atoms with Crippen molar-refractivity contribution in [2.45, 2.75) is 20.3 Å². The highest BCUT2D eigenvalue weighted by Crippen LogP contribution is 2.20. The number of carbonyl (C=O) groups is 2. The first-order chi connectivity index (χ1) is 9.06. The zero-order valence-electron chi connectivity index (χ0n) is 11.1. The molecule has 0 bridgehead atoms. The number of hydrogen-bond acceptors (Lipinski definition) is 2. The van der Waals surface area contributed by atoms with Crippen molar-refractivity contribution >= 4 is 11.6 Å². The van der Waals surface area contributed by atoms with E-state index < -0.39 is 0 Å². The molecule has 0 aromatic heterocycles. The second kappa shape index (κ2) is 5.61. The first-order valence-corrected chi connectivity index (χ1v) is 6.26. The molecule has 0 unspecified atom stereocenters. The molecule has 0 saturated carbocycles. The maximum absolute atomic E-state index is 11.7. The van der Waals surface area contributed by atoms with Crippen LogP contribution < -0.4 is 0 Å². The fourth-order valence-electron chi connectivity index (χ4n) is 1.92. The van der Waals surface area contributed by atoms with Gasteiger partial charge in [0, 0.05) is 5.56 Å². The number of Topliss-reactive ketones (excluding diaryl/α,β-unsaturated/α-hetero) is 2. The van der Waals surface area contributed by atoms with Crippen molar-refractivity contribution in [1.82, 2.24) is 0 Å². The minimum Gasteiger partial charge on any atom is -0.300 e. The van der Waals surface area contributed by atoms with E-state index in [0.29, 0.717) is 5.56 Å². The van der Waals surface area contributed by atoms with Crippen molar-refractivity contribution in [1.29, 1.82) is 0 Å². The molecule has 2 rings (SSSR count). The molecule has 0 aliphatic carbocycles. The third kappa shape index (κ3) is 3.38. The van der Waals surface area contributed by atoms with E-state index in [1.54, 1.807) is 12.1 Å². The summed E-state index contributed by atoms with van der Waals surface area (Å²) in [5.74, 6) is -0.226. The number of carbonyl (C=O) groups excluding carboxylic acids is 2. The van der Waals surface area contributed by atoms with Crippen LogP contribution in [0.4, 0.5) is 0 Å². The Hall–Kier alpha value is -2.22. The van der Waals surface area contributed by atoms with Gasteiger partial charge in [-0.1, -0.05) is 54.1 Å². The first kappa shape index (κ1) is 13.2. The molecule has 0 radical (unpaired) electrons. The molecule has 0 aliphatic heterocycles. The van der Waals surface area contributed by atoms with E-state index in [4.69, 9.17) is 0 Å². The summed E-state index contributed by atoms with van der Waals surface area (Å²) in [6.07, 6.45) is -0.0239. The molecule has 2 heteroatoms. The van der Waals surface area contributed by atoms with Gasteiger partial charge >= 0.3 is 0 Å². The van der Waals surface area contributed by atoms with Crippen LogP contribution >= 0.6 is 0 Å². The third-order valence-electron chi connectivity index (χ3n) is 3.00. The van der Waals surface area contributed by atoms with E-state index in [1.165, 1.54) is 12.5 Å². The summed E-state index contributed by atoms with van der Waals surface area (Å²) in [5, 5.41) is 0. The molecule has 0 N–H and O–H groups in total. The molecule has 0 fully saturated rings. The Morgan fingerprint density at radius 3 is 1.79 bits per heavy atom. The van der Waals surface area contributed by atoms with Gasteiger partial charge in [-0.2, -0.15) is 0 Å². The number of aryl methyl sites for hydroxylation is 1. The second-order valence-corrected chi connectivity index (χ2v) is 4.75. The van der Waals surface area contributed by atoms with Crippen LogP contribution in [0.15, 0.2) is 48.5 Å². The van der Waals surface area contributed by atoms with Crippen LogP contribution in [0.3, 0.4) is 0 Å². The lowest BCUT2D eigenvalue weighted by atomic mass is 10.0. The number of rotatable bonds is 4.